The average molecular weight is 400 g/mol. The van der Waals surface area contributed by atoms with Crippen LogP contribution in [0.25, 0.3) is 0 Å². The van der Waals surface area contributed by atoms with E-state index in [1.54, 1.807) is 12.1 Å². The fourth-order valence-electron chi connectivity index (χ4n) is 4.82. The quantitative estimate of drug-likeness (QED) is 0.369. The molecule has 0 fully saturated rings. The highest BCUT2D eigenvalue weighted by Crippen LogP contribution is 2.52. The van der Waals surface area contributed by atoms with Gasteiger partial charge in [0, 0.05) is 5.92 Å². The minimum absolute atomic E-state index is 0.146. The van der Waals surface area contributed by atoms with Crippen molar-refractivity contribution in [1.29, 1.82) is 0 Å². The first-order valence-electron chi connectivity index (χ1n) is 10.8. The number of anilines is 1. The number of benzene rings is 3. The van der Waals surface area contributed by atoms with E-state index in [9.17, 15) is 4.39 Å². The second-order valence-corrected chi connectivity index (χ2v) is 8.19. The zero-order chi connectivity index (χ0) is 20.3. The Bertz CT molecular complexity index is 1030. The van der Waals surface area contributed by atoms with Gasteiger partial charge in [-0.1, -0.05) is 66.7 Å². The molecule has 5 rings (SSSR count). The Balaban J connectivity index is 1.35. The fourth-order valence-corrected chi connectivity index (χ4v) is 4.82. The molecular formula is C27H26FNO. The summed E-state index contributed by atoms with van der Waals surface area (Å²) in [7, 11) is 0. The Hall–Kier alpha value is -3.07. The minimum Gasteiger partial charge on any atom is -0.491 e. The molecule has 0 amide bonds. The van der Waals surface area contributed by atoms with Gasteiger partial charge in [-0.15, -0.1) is 0 Å². The topological polar surface area (TPSA) is 21.3 Å². The second kappa shape index (κ2) is 8.35. The smallest absolute Gasteiger partial charge is 0.142 e. The molecule has 3 aromatic rings. The summed E-state index contributed by atoms with van der Waals surface area (Å²) in [4.78, 5) is 0. The number of fused-ring (bicyclic) bond motifs is 3. The highest BCUT2D eigenvalue weighted by atomic mass is 19.1. The van der Waals surface area contributed by atoms with Crippen LogP contribution in [0.3, 0.4) is 0 Å². The maximum Gasteiger partial charge on any atom is 0.142 e. The molecule has 2 aliphatic rings. The van der Waals surface area contributed by atoms with Crippen molar-refractivity contribution in [3.8, 4) is 5.75 Å². The summed E-state index contributed by atoms with van der Waals surface area (Å²) >= 11 is 0. The number of para-hydroxylation sites is 1. The van der Waals surface area contributed by atoms with E-state index >= 15 is 0 Å². The SMILES string of the molecule is Fc1ccc(C2Nc3c(OCCCc4ccccc4)cccc3C3C=CCC32)cc1. The molecule has 0 saturated heterocycles. The van der Waals surface area contributed by atoms with E-state index in [2.05, 4.69) is 59.9 Å². The molecule has 1 aliphatic carbocycles. The van der Waals surface area contributed by atoms with Gasteiger partial charge >= 0.3 is 0 Å². The summed E-state index contributed by atoms with van der Waals surface area (Å²) in [6, 6.07) is 23.9. The predicted octanol–water partition coefficient (Wildman–Crippen LogP) is 6.66. The number of hydrogen-bond acceptors (Lipinski definition) is 2. The molecule has 3 aromatic carbocycles. The van der Waals surface area contributed by atoms with Crippen LogP contribution in [0, 0.1) is 11.7 Å². The third-order valence-electron chi connectivity index (χ3n) is 6.30. The molecule has 0 aromatic heterocycles. The van der Waals surface area contributed by atoms with Crippen molar-refractivity contribution in [2.75, 3.05) is 11.9 Å². The third-order valence-corrected chi connectivity index (χ3v) is 6.30. The summed E-state index contributed by atoms with van der Waals surface area (Å²) in [6.45, 7) is 0.679. The normalized spacial score (nSPS) is 21.6. The lowest BCUT2D eigenvalue weighted by atomic mass is 9.77. The summed E-state index contributed by atoms with van der Waals surface area (Å²) in [5, 5.41) is 3.74. The van der Waals surface area contributed by atoms with Crippen molar-refractivity contribution in [3.63, 3.8) is 0 Å². The number of allylic oxidation sites excluding steroid dienone is 2. The van der Waals surface area contributed by atoms with Gasteiger partial charge in [0.05, 0.1) is 18.3 Å². The van der Waals surface area contributed by atoms with Gasteiger partial charge in [0.15, 0.2) is 0 Å². The Morgan fingerprint density at radius 3 is 2.60 bits per heavy atom. The number of hydrogen-bond donors (Lipinski definition) is 1. The molecule has 0 spiro atoms. The van der Waals surface area contributed by atoms with Gasteiger partial charge in [-0.2, -0.15) is 0 Å². The first-order valence-corrected chi connectivity index (χ1v) is 10.8. The maximum absolute atomic E-state index is 13.5. The monoisotopic (exact) mass is 399 g/mol. The van der Waals surface area contributed by atoms with Crippen LogP contribution in [0.2, 0.25) is 0 Å². The van der Waals surface area contributed by atoms with E-state index < -0.39 is 0 Å². The maximum atomic E-state index is 13.5. The largest absolute Gasteiger partial charge is 0.491 e. The van der Waals surface area contributed by atoms with Crippen molar-refractivity contribution in [2.45, 2.75) is 31.2 Å². The average Bonchev–Trinajstić information content (AvgIpc) is 3.28. The van der Waals surface area contributed by atoms with Gasteiger partial charge in [-0.05, 0) is 60.1 Å². The van der Waals surface area contributed by atoms with E-state index in [1.807, 2.05) is 18.2 Å². The number of halogens is 1. The van der Waals surface area contributed by atoms with Crippen LogP contribution in [0.1, 0.15) is 41.5 Å². The van der Waals surface area contributed by atoms with E-state index in [1.165, 1.54) is 11.1 Å². The molecular weight excluding hydrogens is 373 g/mol. The molecule has 1 heterocycles. The summed E-state index contributed by atoms with van der Waals surface area (Å²) in [5.74, 6) is 1.52. The standard InChI is InChI=1S/C27H26FNO/c28-21-16-14-20(15-17-21)26-23-11-4-10-22(23)24-12-5-13-25(27(24)29-26)30-18-6-9-19-7-2-1-3-8-19/h1-5,7-8,10,12-17,22-23,26,29H,6,9,11,18H2. The fraction of sp³-hybridized carbons (Fsp3) is 0.259. The van der Waals surface area contributed by atoms with Crippen LogP contribution in [0.15, 0.2) is 84.9 Å². The van der Waals surface area contributed by atoms with Crippen molar-refractivity contribution in [2.24, 2.45) is 5.92 Å². The van der Waals surface area contributed by atoms with Crippen LogP contribution < -0.4 is 10.1 Å². The van der Waals surface area contributed by atoms with Crippen molar-refractivity contribution in [3.05, 3.63) is 107 Å². The molecule has 152 valence electrons. The van der Waals surface area contributed by atoms with Crippen LogP contribution in [-0.4, -0.2) is 6.61 Å². The third kappa shape index (κ3) is 3.72. The number of rotatable bonds is 6. The number of nitrogens with one attached hydrogen (secondary N) is 1. The molecule has 0 bridgehead atoms. The van der Waals surface area contributed by atoms with Gasteiger partial charge in [0.1, 0.15) is 11.6 Å². The van der Waals surface area contributed by atoms with Crippen molar-refractivity contribution >= 4 is 5.69 Å². The first kappa shape index (κ1) is 18.9. The molecule has 3 heteroatoms. The molecule has 1 aliphatic heterocycles. The van der Waals surface area contributed by atoms with E-state index in [0.29, 0.717) is 18.4 Å². The Morgan fingerprint density at radius 1 is 0.933 bits per heavy atom. The molecule has 3 unspecified atom stereocenters. The zero-order valence-electron chi connectivity index (χ0n) is 16.9. The summed E-state index contributed by atoms with van der Waals surface area (Å²) in [5.41, 5.74) is 4.84. The Labute approximate surface area is 177 Å². The summed E-state index contributed by atoms with van der Waals surface area (Å²) in [6.07, 6.45) is 7.60. The molecule has 0 saturated carbocycles. The van der Waals surface area contributed by atoms with Crippen LogP contribution >= 0.6 is 0 Å². The molecule has 1 N–H and O–H groups in total. The van der Waals surface area contributed by atoms with Crippen molar-refractivity contribution < 1.29 is 9.13 Å². The lowest BCUT2D eigenvalue weighted by molar-refractivity contribution is 0.309. The van der Waals surface area contributed by atoms with Gasteiger partial charge < -0.3 is 10.1 Å². The number of ether oxygens (including phenoxy) is 1. The lowest BCUT2D eigenvalue weighted by Crippen LogP contribution is -2.29. The molecule has 0 radical (unpaired) electrons. The van der Waals surface area contributed by atoms with Crippen molar-refractivity contribution in [1.82, 2.24) is 0 Å². The minimum atomic E-state index is -0.196. The van der Waals surface area contributed by atoms with Gasteiger partial charge in [0.2, 0.25) is 0 Å². The predicted molar refractivity (Wildman–Crippen MR) is 119 cm³/mol. The van der Waals surface area contributed by atoms with E-state index in [-0.39, 0.29) is 11.9 Å². The van der Waals surface area contributed by atoms with Gasteiger partial charge in [0.25, 0.3) is 0 Å². The highest BCUT2D eigenvalue weighted by Gasteiger charge is 2.38. The van der Waals surface area contributed by atoms with E-state index in [4.69, 9.17) is 4.74 Å². The zero-order valence-corrected chi connectivity index (χ0v) is 16.9. The molecule has 2 nitrogen and oxygen atoms in total. The first-order chi connectivity index (χ1) is 14.8. The second-order valence-electron chi connectivity index (χ2n) is 8.19. The van der Waals surface area contributed by atoms with E-state index in [0.717, 1.165) is 36.3 Å². The molecule has 3 atom stereocenters. The van der Waals surface area contributed by atoms with Crippen LogP contribution in [0.5, 0.6) is 5.75 Å². The van der Waals surface area contributed by atoms with Gasteiger partial charge in [-0.3, -0.25) is 0 Å². The number of aryl methyl sites for hydroxylation is 1. The Kier molecular flexibility index (Phi) is 5.27. The van der Waals surface area contributed by atoms with Crippen LogP contribution in [0.4, 0.5) is 10.1 Å². The van der Waals surface area contributed by atoms with Crippen LogP contribution in [-0.2, 0) is 6.42 Å². The highest BCUT2D eigenvalue weighted by molar-refractivity contribution is 5.67. The Morgan fingerprint density at radius 2 is 1.77 bits per heavy atom. The summed E-state index contributed by atoms with van der Waals surface area (Å²) < 4.78 is 19.7. The van der Waals surface area contributed by atoms with Gasteiger partial charge in [-0.25, -0.2) is 4.39 Å². The lowest BCUT2D eigenvalue weighted by Gasteiger charge is -2.38. The molecule has 30 heavy (non-hydrogen) atoms.